The average molecular weight is 241 g/mol. The molecule has 1 nitrogen and oxygen atoms in total. The fraction of sp³-hybridized carbons (Fsp3) is 0.222. The van der Waals surface area contributed by atoms with E-state index in [0.29, 0.717) is 0 Å². The van der Waals surface area contributed by atoms with Crippen molar-refractivity contribution in [2.75, 3.05) is 0 Å². The molecule has 1 aromatic carbocycles. The van der Waals surface area contributed by atoms with Crippen LogP contribution in [-0.4, -0.2) is 5.78 Å². The minimum Gasteiger partial charge on any atom is -0.294 e. The van der Waals surface area contributed by atoms with Gasteiger partial charge in [0.1, 0.15) is 5.82 Å². The number of rotatable bonds is 1. The van der Waals surface area contributed by atoms with E-state index in [1.165, 1.54) is 0 Å². The lowest BCUT2D eigenvalue weighted by molar-refractivity contribution is -0.138. The second-order valence-corrected chi connectivity index (χ2v) is 3.22. The van der Waals surface area contributed by atoms with Gasteiger partial charge in [0, 0.05) is 5.56 Å². The van der Waals surface area contributed by atoms with Crippen LogP contribution >= 0.6 is 11.6 Å². The van der Waals surface area contributed by atoms with Crippen molar-refractivity contribution in [2.45, 2.75) is 13.1 Å². The largest absolute Gasteiger partial charge is 0.418 e. The van der Waals surface area contributed by atoms with Gasteiger partial charge in [-0.2, -0.15) is 13.2 Å². The maximum Gasteiger partial charge on any atom is 0.418 e. The Bertz CT molecular complexity index is 411. The quantitative estimate of drug-likeness (QED) is 0.540. The van der Waals surface area contributed by atoms with Gasteiger partial charge in [0.05, 0.1) is 10.6 Å². The van der Waals surface area contributed by atoms with Crippen LogP contribution in [0.3, 0.4) is 0 Å². The molecule has 0 bridgehead atoms. The molecule has 1 rings (SSSR count). The number of carbonyl (C=O) groups is 1. The Kier molecular flexibility index (Phi) is 3.04. The SMILES string of the molecule is CC(=O)c1ccc(F)c(Cl)c1C(F)(F)F. The predicted molar refractivity (Wildman–Crippen MR) is 46.4 cm³/mol. The van der Waals surface area contributed by atoms with Gasteiger partial charge in [-0.25, -0.2) is 4.39 Å². The summed E-state index contributed by atoms with van der Waals surface area (Å²) in [6.45, 7) is 0.957. The van der Waals surface area contributed by atoms with Crippen molar-refractivity contribution in [3.63, 3.8) is 0 Å². The maximum absolute atomic E-state index is 12.8. The minimum atomic E-state index is -4.85. The van der Waals surface area contributed by atoms with Crippen LogP contribution in [0.25, 0.3) is 0 Å². The van der Waals surface area contributed by atoms with Gasteiger partial charge in [-0.05, 0) is 19.1 Å². The second-order valence-electron chi connectivity index (χ2n) is 2.84. The second kappa shape index (κ2) is 3.81. The molecule has 15 heavy (non-hydrogen) atoms. The first-order valence-corrected chi connectivity index (χ1v) is 4.19. The highest BCUT2D eigenvalue weighted by molar-refractivity contribution is 6.32. The predicted octanol–water partition coefficient (Wildman–Crippen LogP) is 3.70. The zero-order valence-corrected chi connectivity index (χ0v) is 8.21. The van der Waals surface area contributed by atoms with E-state index >= 15 is 0 Å². The number of Topliss-reactive ketones (excluding diaryl/α,β-unsaturated/α-hetero) is 1. The lowest BCUT2D eigenvalue weighted by Gasteiger charge is -2.12. The summed E-state index contributed by atoms with van der Waals surface area (Å²) in [4.78, 5) is 10.9. The molecule has 0 amide bonds. The molecule has 0 aliphatic heterocycles. The summed E-state index contributed by atoms with van der Waals surface area (Å²) in [7, 11) is 0. The summed E-state index contributed by atoms with van der Waals surface area (Å²) in [5.41, 5.74) is -2.05. The third kappa shape index (κ3) is 2.28. The Morgan fingerprint density at radius 3 is 2.27 bits per heavy atom. The molecule has 0 atom stereocenters. The lowest BCUT2D eigenvalue weighted by atomic mass is 10.0. The van der Waals surface area contributed by atoms with E-state index in [1.54, 1.807) is 0 Å². The molecule has 82 valence electrons. The van der Waals surface area contributed by atoms with E-state index in [4.69, 9.17) is 11.6 Å². The van der Waals surface area contributed by atoms with Gasteiger partial charge in [-0.1, -0.05) is 11.6 Å². The third-order valence-corrected chi connectivity index (χ3v) is 2.13. The van der Waals surface area contributed by atoms with Crippen molar-refractivity contribution < 1.29 is 22.4 Å². The highest BCUT2D eigenvalue weighted by Crippen LogP contribution is 2.38. The molecule has 0 saturated carbocycles. The Morgan fingerprint density at radius 1 is 1.33 bits per heavy atom. The fourth-order valence-electron chi connectivity index (χ4n) is 1.12. The number of alkyl halides is 3. The molecule has 0 spiro atoms. The Morgan fingerprint density at radius 2 is 1.87 bits per heavy atom. The van der Waals surface area contributed by atoms with E-state index in [9.17, 15) is 22.4 Å². The third-order valence-electron chi connectivity index (χ3n) is 1.76. The van der Waals surface area contributed by atoms with Crippen LogP contribution in [0, 0.1) is 5.82 Å². The number of benzene rings is 1. The Hall–Kier alpha value is -1.10. The van der Waals surface area contributed by atoms with Crippen molar-refractivity contribution in [1.82, 2.24) is 0 Å². The van der Waals surface area contributed by atoms with E-state index in [0.717, 1.165) is 19.1 Å². The van der Waals surface area contributed by atoms with E-state index in [-0.39, 0.29) is 0 Å². The standard InChI is InChI=1S/C9H5ClF4O/c1-4(15)5-2-3-6(11)8(10)7(5)9(12,13)14/h2-3H,1H3. The molecular weight excluding hydrogens is 236 g/mol. The lowest BCUT2D eigenvalue weighted by Crippen LogP contribution is -2.13. The van der Waals surface area contributed by atoms with Crippen LogP contribution in [0.5, 0.6) is 0 Å². The number of hydrogen-bond donors (Lipinski definition) is 0. The van der Waals surface area contributed by atoms with Crippen molar-refractivity contribution in [2.24, 2.45) is 0 Å². The van der Waals surface area contributed by atoms with E-state index < -0.39 is 33.9 Å². The molecular formula is C9H5ClF4O. The summed E-state index contributed by atoms with van der Waals surface area (Å²) in [5.74, 6) is -2.02. The minimum absolute atomic E-state index is 0.631. The molecule has 0 N–H and O–H groups in total. The molecule has 0 aliphatic carbocycles. The first-order valence-electron chi connectivity index (χ1n) is 3.81. The normalized spacial score (nSPS) is 11.6. The van der Waals surface area contributed by atoms with Gasteiger partial charge in [0.15, 0.2) is 5.78 Å². The molecule has 0 radical (unpaired) electrons. The zero-order valence-electron chi connectivity index (χ0n) is 7.45. The molecule has 0 aliphatic rings. The Balaban J connectivity index is 3.57. The highest BCUT2D eigenvalue weighted by atomic mass is 35.5. The van der Waals surface area contributed by atoms with Gasteiger partial charge >= 0.3 is 6.18 Å². The van der Waals surface area contributed by atoms with E-state index in [1.807, 2.05) is 0 Å². The maximum atomic E-state index is 12.8. The molecule has 0 heterocycles. The van der Waals surface area contributed by atoms with Crippen LogP contribution in [0.4, 0.5) is 17.6 Å². The van der Waals surface area contributed by atoms with Crippen LogP contribution in [0.2, 0.25) is 5.02 Å². The van der Waals surface area contributed by atoms with Crippen LogP contribution in [0.1, 0.15) is 22.8 Å². The van der Waals surface area contributed by atoms with Crippen molar-refractivity contribution in [3.05, 3.63) is 34.1 Å². The van der Waals surface area contributed by atoms with Crippen molar-refractivity contribution >= 4 is 17.4 Å². The first-order chi connectivity index (χ1) is 6.75. The topological polar surface area (TPSA) is 17.1 Å². The van der Waals surface area contributed by atoms with Gasteiger partial charge < -0.3 is 0 Å². The number of hydrogen-bond acceptors (Lipinski definition) is 1. The van der Waals surface area contributed by atoms with Gasteiger partial charge in [-0.3, -0.25) is 4.79 Å². The summed E-state index contributed by atoms with van der Waals surface area (Å²) < 4.78 is 50.1. The van der Waals surface area contributed by atoms with Crippen LogP contribution in [0.15, 0.2) is 12.1 Å². The van der Waals surface area contributed by atoms with Gasteiger partial charge in [0.2, 0.25) is 0 Å². The molecule has 1 aromatic rings. The van der Waals surface area contributed by atoms with Gasteiger partial charge in [0.25, 0.3) is 0 Å². The van der Waals surface area contributed by atoms with Crippen LogP contribution in [-0.2, 0) is 6.18 Å². The molecule has 6 heteroatoms. The van der Waals surface area contributed by atoms with E-state index in [2.05, 4.69) is 0 Å². The summed E-state index contributed by atoms with van der Waals surface area (Å²) in [5, 5.41) is -1.07. The van der Waals surface area contributed by atoms with Crippen molar-refractivity contribution in [1.29, 1.82) is 0 Å². The number of carbonyl (C=O) groups excluding carboxylic acids is 1. The molecule has 0 fully saturated rings. The number of ketones is 1. The van der Waals surface area contributed by atoms with Crippen LogP contribution < -0.4 is 0 Å². The van der Waals surface area contributed by atoms with Crippen molar-refractivity contribution in [3.8, 4) is 0 Å². The molecule has 0 saturated heterocycles. The highest BCUT2D eigenvalue weighted by Gasteiger charge is 2.38. The summed E-state index contributed by atoms with van der Waals surface area (Å²) >= 11 is 5.18. The smallest absolute Gasteiger partial charge is 0.294 e. The summed E-state index contributed by atoms with van der Waals surface area (Å²) in [6.07, 6.45) is -4.85. The average Bonchev–Trinajstić information content (AvgIpc) is 2.06. The molecule has 0 unspecified atom stereocenters. The molecule has 0 aromatic heterocycles. The zero-order chi connectivity index (χ0) is 11.8. The fourth-order valence-corrected chi connectivity index (χ4v) is 1.39. The van der Waals surface area contributed by atoms with Gasteiger partial charge in [-0.15, -0.1) is 0 Å². The summed E-state index contributed by atoms with van der Waals surface area (Å²) in [6, 6.07) is 1.50. The first kappa shape index (κ1) is 12.0. The number of halogens is 5. The Labute approximate surface area is 87.7 Å². The monoisotopic (exact) mass is 240 g/mol.